The highest BCUT2D eigenvalue weighted by atomic mass is 16.5. The van der Waals surface area contributed by atoms with Gasteiger partial charge in [0.15, 0.2) is 5.78 Å². The van der Waals surface area contributed by atoms with E-state index in [1.54, 1.807) is 18.0 Å². The lowest BCUT2D eigenvalue weighted by atomic mass is 10.1. The minimum Gasteiger partial charge on any atom is -0.497 e. The van der Waals surface area contributed by atoms with Crippen LogP contribution in [0.25, 0.3) is 0 Å². The highest BCUT2D eigenvalue weighted by molar-refractivity contribution is 5.95. The summed E-state index contributed by atoms with van der Waals surface area (Å²) >= 11 is 0. The zero-order valence-corrected chi connectivity index (χ0v) is 10.7. The predicted molar refractivity (Wildman–Crippen MR) is 70.1 cm³/mol. The van der Waals surface area contributed by atoms with Gasteiger partial charge in [0, 0.05) is 13.0 Å². The van der Waals surface area contributed by atoms with Gasteiger partial charge in [-0.05, 0) is 17.7 Å². The van der Waals surface area contributed by atoms with E-state index in [1.807, 2.05) is 24.3 Å². The van der Waals surface area contributed by atoms with Crippen molar-refractivity contribution in [2.75, 3.05) is 13.7 Å². The molecule has 0 bridgehead atoms. The predicted octanol–water partition coefficient (Wildman–Crippen LogP) is 0.671. The van der Waals surface area contributed by atoms with Crippen LogP contribution in [0.2, 0.25) is 0 Å². The molecule has 0 amide bonds. The molecule has 2 aromatic rings. The van der Waals surface area contributed by atoms with Crippen molar-refractivity contribution in [2.45, 2.75) is 13.0 Å². The zero-order chi connectivity index (χ0) is 13.7. The molecule has 100 valence electrons. The van der Waals surface area contributed by atoms with Crippen LogP contribution in [0.4, 0.5) is 0 Å². The molecular formula is C13H16N4O2. The first-order chi connectivity index (χ1) is 9.22. The van der Waals surface area contributed by atoms with E-state index in [2.05, 4.69) is 10.3 Å². The third-order valence-electron chi connectivity index (χ3n) is 2.68. The van der Waals surface area contributed by atoms with Gasteiger partial charge in [0.05, 0.1) is 19.9 Å². The minimum absolute atomic E-state index is 0.0727. The average Bonchev–Trinajstić information content (AvgIpc) is 2.88. The molecule has 0 aliphatic carbocycles. The topological polar surface area (TPSA) is 83.0 Å². The lowest BCUT2D eigenvalue weighted by Crippen LogP contribution is -2.10. The second-order valence-electron chi connectivity index (χ2n) is 4.11. The summed E-state index contributed by atoms with van der Waals surface area (Å²) in [5, 5.41) is 7.69. The van der Waals surface area contributed by atoms with Crippen molar-refractivity contribution < 1.29 is 9.53 Å². The zero-order valence-electron chi connectivity index (χ0n) is 10.7. The van der Waals surface area contributed by atoms with E-state index in [-0.39, 0.29) is 12.2 Å². The number of methoxy groups -OCH3 is 1. The molecule has 6 nitrogen and oxygen atoms in total. The van der Waals surface area contributed by atoms with Crippen LogP contribution in [0, 0.1) is 0 Å². The van der Waals surface area contributed by atoms with E-state index < -0.39 is 0 Å². The highest BCUT2D eigenvalue weighted by Gasteiger charge is 2.11. The third kappa shape index (κ3) is 3.38. The summed E-state index contributed by atoms with van der Waals surface area (Å²) in [5.74, 6) is 0.661. The number of ketones is 1. The van der Waals surface area contributed by atoms with E-state index in [4.69, 9.17) is 10.5 Å². The molecule has 0 saturated heterocycles. The normalized spacial score (nSPS) is 10.4. The van der Waals surface area contributed by atoms with Crippen molar-refractivity contribution in [3.8, 4) is 5.75 Å². The van der Waals surface area contributed by atoms with E-state index in [1.165, 1.54) is 0 Å². The van der Waals surface area contributed by atoms with Gasteiger partial charge < -0.3 is 10.5 Å². The van der Waals surface area contributed by atoms with Gasteiger partial charge in [-0.25, -0.2) is 0 Å². The Morgan fingerprint density at radius 2 is 2.32 bits per heavy atom. The van der Waals surface area contributed by atoms with Crippen molar-refractivity contribution in [3.63, 3.8) is 0 Å². The molecule has 0 aliphatic heterocycles. The van der Waals surface area contributed by atoms with Crippen molar-refractivity contribution in [3.05, 3.63) is 41.7 Å². The fraction of sp³-hybridized carbons (Fsp3) is 0.308. The van der Waals surface area contributed by atoms with E-state index in [9.17, 15) is 4.79 Å². The Bertz CT molecular complexity index is 565. The Hall–Kier alpha value is -2.21. The van der Waals surface area contributed by atoms with Crippen LogP contribution in [-0.4, -0.2) is 34.4 Å². The summed E-state index contributed by atoms with van der Waals surface area (Å²) < 4.78 is 6.69. The average molecular weight is 260 g/mol. The van der Waals surface area contributed by atoms with Crippen LogP contribution in [0.5, 0.6) is 5.75 Å². The van der Waals surface area contributed by atoms with Gasteiger partial charge >= 0.3 is 0 Å². The molecule has 0 atom stereocenters. The maximum Gasteiger partial charge on any atom is 0.189 e. The second-order valence-corrected chi connectivity index (χ2v) is 4.11. The first-order valence-electron chi connectivity index (χ1n) is 5.99. The van der Waals surface area contributed by atoms with Crippen LogP contribution < -0.4 is 10.5 Å². The lowest BCUT2D eigenvalue weighted by molar-refractivity contribution is 0.0988. The number of hydrogen-bond donors (Lipinski definition) is 1. The Kier molecular flexibility index (Phi) is 4.25. The number of benzene rings is 1. The van der Waals surface area contributed by atoms with E-state index >= 15 is 0 Å². The van der Waals surface area contributed by atoms with Crippen molar-refractivity contribution in [1.29, 1.82) is 0 Å². The maximum atomic E-state index is 12.0. The Labute approximate surface area is 111 Å². The van der Waals surface area contributed by atoms with Gasteiger partial charge in [-0.1, -0.05) is 17.3 Å². The van der Waals surface area contributed by atoms with Gasteiger partial charge in [0.2, 0.25) is 0 Å². The highest BCUT2D eigenvalue weighted by Crippen LogP contribution is 2.14. The van der Waals surface area contributed by atoms with Crippen LogP contribution in [0.3, 0.4) is 0 Å². The SMILES string of the molecule is COc1cccc(CC(=O)c2cn(CCN)nn2)c1. The maximum absolute atomic E-state index is 12.0. The number of aromatic nitrogens is 3. The molecule has 1 heterocycles. The third-order valence-corrected chi connectivity index (χ3v) is 2.68. The van der Waals surface area contributed by atoms with Crippen molar-refractivity contribution in [1.82, 2.24) is 15.0 Å². The molecule has 0 spiro atoms. The van der Waals surface area contributed by atoms with Gasteiger partial charge in [-0.15, -0.1) is 5.10 Å². The molecule has 0 fully saturated rings. The van der Waals surface area contributed by atoms with E-state index in [0.29, 0.717) is 18.8 Å². The van der Waals surface area contributed by atoms with E-state index in [0.717, 1.165) is 11.3 Å². The number of nitrogens with two attached hydrogens (primary N) is 1. The standard InChI is InChI=1S/C13H16N4O2/c1-19-11-4-2-3-10(7-11)8-13(18)12-9-17(6-5-14)16-15-12/h2-4,7,9H,5-6,8,14H2,1H3. The van der Waals surface area contributed by atoms with Crippen LogP contribution in [0.15, 0.2) is 30.5 Å². The lowest BCUT2D eigenvalue weighted by Gasteiger charge is -2.02. The number of rotatable bonds is 6. The molecule has 2 N–H and O–H groups in total. The molecule has 0 aliphatic rings. The summed E-state index contributed by atoms with van der Waals surface area (Å²) in [6, 6.07) is 7.41. The van der Waals surface area contributed by atoms with Crippen LogP contribution in [0.1, 0.15) is 16.1 Å². The van der Waals surface area contributed by atoms with Crippen molar-refractivity contribution >= 4 is 5.78 Å². The Balaban J connectivity index is 2.06. The molecule has 1 aromatic carbocycles. The smallest absolute Gasteiger partial charge is 0.189 e. The molecule has 2 rings (SSSR count). The number of Topliss-reactive ketones (excluding diaryl/α,β-unsaturated/α-hetero) is 1. The number of ether oxygens (including phenoxy) is 1. The molecule has 0 unspecified atom stereocenters. The van der Waals surface area contributed by atoms with Gasteiger partial charge in [-0.2, -0.15) is 0 Å². The summed E-state index contributed by atoms with van der Waals surface area (Å²) in [4.78, 5) is 12.0. The Morgan fingerprint density at radius 1 is 1.47 bits per heavy atom. The van der Waals surface area contributed by atoms with Gasteiger partial charge in [0.25, 0.3) is 0 Å². The number of carbonyl (C=O) groups is 1. The summed E-state index contributed by atoms with van der Waals surface area (Å²) in [5.41, 5.74) is 6.66. The second kappa shape index (κ2) is 6.10. The van der Waals surface area contributed by atoms with Gasteiger partial charge in [0.1, 0.15) is 11.4 Å². The fourth-order valence-electron chi connectivity index (χ4n) is 1.73. The van der Waals surface area contributed by atoms with Crippen LogP contribution in [-0.2, 0) is 13.0 Å². The largest absolute Gasteiger partial charge is 0.497 e. The number of nitrogens with zero attached hydrogens (tertiary/aromatic N) is 3. The fourth-order valence-corrected chi connectivity index (χ4v) is 1.73. The minimum atomic E-state index is -0.0727. The molecule has 6 heteroatoms. The monoisotopic (exact) mass is 260 g/mol. The molecule has 0 radical (unpaired) electrons. The quantitative estimate of drug-likeness (QED) is 0.772. The number of hydrogen-bond acceptors (Lipinski definition) is 5. The van der Waals surface area contributed by atoms with Crippen LogP contribution >= 0.6 is 0 Å². The molecule has 1 aromatic heterocycles. The first-order valence-corrected chi connectivity index (χ1v) is 5.99. The summed E-state index contributed by atoms with van der Waals surface area (Å²) in [7, 11) is 1.60. The molecule has 0 saturated carbocycles. The summed E-state index contributed by atoms with van der Waals surface area (Å²) in [6.07, 6.45) is 1.90. The first kappa shape index (κ1) is 13.2. The van der Waals surface area contributed by atoms with Crippen molar-refractivity contribution in [2.24, 2.45) is 5.73 Å². The molecule has 19 heavy (non-hydrogen) atoms. The summed E-state index contributed by atoms with van der Waals surface area (Å²) in [6.45, 7) is 1.02. The number of carbonyl (C=O) groups excluding carboxylic acids is 1. The molecular weight excluding hydrogens is 244 g/mol. The van der Waals surface area contributed by atoms with Gasteiger partial charge in [-0.3, -0.25) is 9.48 Å². The Morgan fingerprint density at radius 3 is 3.05 bits per heavy atom.